The van der Waals surface area contributed by atoms with Crippen molar-refractivity contribution in [3.8, 4) is 0 Å². The molecule has 10 heteroatoms. The van der Waals surface area contributed by atoms with Crippen LogP contribution in [0.15, 0.2) is 38.3 Å². The first-order valence-corrected chi connectivity index (χ1v) is 12.6. The lowest BCUT2D eigenvalue weighted by molar-refractivity contribution is -0.120. The summed E-state index contributed by atoms with van der Waals surface area (Å²) >= 11 is 5.96. The fourth-order valence-corrected chi connectivity index (χ4v) is 7.82. The highest BCUT2D eigenvalue weighted by molar-refractivity contribution is 9.11. The second-order valence-corrected chi connectivity index (χ2v) is 12.4. The van der Waals surface area contributed by atoms with Crippen molar-refractivity contribution < 1.29 is 13.2 Å². The Bertz CT molecular complexity index is 1130. The minimum Gasteiger partial charge on any atom is -0.302 e. The molecule has 6 nitrogen and oxygen atoms in total. The number of halogens is 1. The second kappa shape index (κ2) is 7.83. The van der Waals surface area contributed by atoms with Gasteiger partial charge in [0.05, 0.1) is 14.0 Å². The number of aryl methyl sites for hydroxylation is 1. The van der Waals surface area contributed by atoms with Crippen molar-refractivity contribution in [2.45, 2.75) is 24.0 Å². The number of fused-ring (bicyclic) bond motifs is 1. The molecule has 0 radical (unpaired) electrons. The number of hydrogen-bond acceptors (Lipinski definition) is 6. The standard InChI is InChI=1S/C18H18BrN3O3S3/c1-11-2-3-13-14(10-11)26-18(20-13)21-17(23)12-6-8-22(9-7-12)28(24,25)16-5-4-15(19)27-16/h2-5,10,12H,6-9H2,1H3,(H,20,21,23). The third-order valence-electron chi connectivity index (χ3n) is 4.74. The quantitative estimate of drug-likeness (QED) is 0.574. The molecule has 0 atom stereocenters. The van der Waals surface area contributed by atoms with Crippen LogP contribution in [0.25, 0.3) is 10.2 Å². The van der Waals surface area contributed by atoms with Crippen LogP contribution >= 0.6 is 38.6 Å². The summed E-state index contributed by atoms with van der Waals surface area (Å²) in [6.45, 7) is 2.71. The fourth-order valence-electron chi connectivity index (χ4n) is 3.21. The molecular weight excluding hydrogens is 482 g/mol. The zero-order valence-corrected chi connectivity index (χ0v) is 19.0. The number of carbonyl (C=O) groups is 1. The molecule has 1 fully saturated rings. The van der Waals surface area contributed by atoms with Crippen molar-refractivity contribution in [3.63, 3.8) is 0 Å². The van der Waals surface area contributed by atoms with E-state index < -0.39 is 10.0 Å². The maximum atomic E-state index is 12.7. The van der Waals surface area contributed by atoms with Gasteiger partial charge in [-0.1, -0.05) is 17.4 Å². The average Bonchev–Trinajstić information content (AvgIpc) is 3.27. The number of nitrogens with zero attached hydrogens (tertiary/aromatic N) is 2. The van der Waals surface area contributed by atoms with Crippen LogP contribution in [0.5, 0.6) is 0 Å². The Morgan fingerprint density at radius 2 is 1.96 bits per heavy atom. The van der Waals surface area contributed by atoms with E-state index in [0.717, 1.165) is 19.6 Å². The van der Waals surface area contributed by atoms with Crippen molar-refractivity contribution in [3.05, 3.63) is 39.7 Å². The van der Waals surface area contributed by atoms with Gasteiger partial charge < -0.3 is 5.32 Å². The van der Waals surface area contributed by atoms with Gasteiger partial charge in [-0.15, -0.1) is 11.3 Å². The number of hydrogen-bond donors (Lipinski definition) is 1. The zero-order valence-electron chi connectivity index (χ0n) is 15.0. The van der Waals surface area contributed by atoms with Gasteiger partial charge in [0, 0.05) is 19.0 Å². The molecule has 4 rings (SSSR count). The molecule has 0 spiro atoms. The molecule has 0 bridgehead atoms. The van der Waals surface area contributed by atoms with Crippen molar-refractivity contribution in [1.82, 2.24) is 9.29 Å². The van der Waals surface area contributed by atoms with Crippen molar-refractivity contribution in [1.29, 1.82) is 0 Å². The zero-order chi connectivity index (χ0) is 19.9. The van der Waals surface area contributed by atoms with Gasteiger partial charge in [-0.25, -0.2) is 13.4 Å². The molecule has 1 aliphatic heterocycles. The number of benzene rings is 1. The van der Waals surface area contributed by atoms with Gasteiger partial charge in [0.25, 0.3) is 10.0 Å². The summed E-state index contributed by atoms with van der Waals surface area (Å²) in [5.41, 5.74) is 2.02. The number of aromatic nitrogens is 1. The largest absolute Gasteiger partial charge is 0.302 e. The number of rotatable bonds is 4. The van der Waals surface area contributed by atoms with Crippen molar-refractivity contribution in [2.75, 3.05) is 18.4 Å². The van der Waals surface area contributed by atoms with Gasteiger partial charge in [0.2, 0.25) is 5.91 Å². The topological polar surface area (TPSA) is 79.4 Å². The number of nitrogens with one attached hydrogen (secondary N) is 1. The minimum absolute atomic E-state index is 0.0910. The lowest BCUT2D eigenvalue weighted by atomic mass is 9.97. The lowest BCUT2D eigenvalue weighted by Gasteiger charge is -2.29. The van der Waals surface area contributed by atoms with Gasteiger partial charge >= 0.3 is 0 Å². The number of amides is 1. The Labute approximate surface area is 179 Å². The molecule has 1 aliphatic rings. The Hall–Kier alpha value is -1.33. The molecule has 1 N–H and O–H groups in total. The van der Waals surface area contributed by atoms with Crippen LogP contribution < -0.4 is 5.32 Å². The van der Waals surface area contributed by atoms with Gasteiger partial charge in [0.15, 0.2) is 5.13 Å². The third-order valence-corrected chi connectivity index (χ3v) is 9.66. The molecule has 1 amide bonds. The molecule has 0 aliphatic carbocycles. The second-order valence-electron chi connectivity index (χ2n) is 6.72. The molecular formula is C18H18BrN3O3S3. The number of piperidine rings is 1. The van der Waals surface area contributed by atoms with Crippen molar-refractivity contribution >= 4 is 69.9 Å². The van der Waals surface area contributed by atoms with Crippen molar-refractivity contribution in [2.24, 2.45) is 5.92 Å². The highest BCUT2D eigenvalue weighted by atomic mass is 79.9. The first-order valence-electron chi connectivity index (χ1n) is 8.76. The van der Waals surface area contributed by atoms with Crippen LogP contribution in [0.3, 0.4) is 0 Å². The molecule has 2 aromatic heterocycles. The van der Waals surface area contributed by atoms with Crippen LogP contribution in [-0.2, 0) is 14.8 Å². The van der Waals surface area contributed by atoms with Gasteiger partial charge in [-0.05, 0) is 65.5 Å². The molecule has 1 saturated heterocycles. The van der Waals surface area contributed by atoms with E-state index in [1.54, 1.807) is 12.1 Å². The Morgan fingerprint density at radius 3 is 2.64 bits per heavy atom. The SMILES string of the molecule is Cc1ccc2nc(NC(=O)C3CCN(S(=O)(=O)c4ccc(Br)s4)CC3)sc2c1. The normalized spacial score (nSPS) is 16.5. The molecule has 3 aromatic rings. The number of thiophene rings is 1. The van der Waals surface area contributed by atoms with Gasteiger partial charge in [-0.2, -0.15) is 4.31 Å². The molecule has 0 saturated carbocycles. The molecule has 148 valence electrons. The maximum absolute atomic E-state index is 12.7. The summed E-state index contributed by atoms with van der Waals surface area (Å²) in [7, 11) is -3.49. The summed E-state index contributed by atoms with van der Waals surface area (Å²) in [6, 6.07) is 9.34. The van der Waals surface area contributed by atoms with E-state index in [0.29, 0.717) is 35.3 Å². The van der Waals surface area contributed by atoms with E-state index >= 15 is 0 Å². The third kappa shape index (κ3) is 4.02. The maximum Gasteiger partial charge on any atom is 0.252 e. The molecule has 28 heavy (non-hydrogen) atoms. The highest BCUT2D eigenvalue weighted by Crippen LogP contribution is 2.32. The summed E-state index contributed by atoms with van der Waals surface area (Å²) in [5, 5.41) is 3.49. The smallest absolute Gasteiger partial charge is 0.252 e. The summed E-state index contributed by atoms with van der Waals surface area (Å²) in [5.74, 6) is -0.304. The van der Waals surface area contributed by atoms with E-state index in [-0.39, 0.29) is 11.8 Å². The Kier molecular flexibility index (Phi) is 5.58. The summed E-state index contributed by atoms with van der Waals surface area (Å²) in [6.07, 6.45) is 1.00. The van der Waals surface area contributed by atoms with Gasteiger partial charge in [-0.3, -0.25) is 4.79 Å². The lowest BCUT2D eigenvalue weighted by Crippen LogP contribution is -2.41. The van der Waals surface area contributed by atoms with Crippen LogP contribution in [0.2, 0.25) is 0 Å². The van der Waals surface area contributed by atoms with Crippen LogP contribution in [0.1, 0.15) is 18.4 Å². The molecule has 3 heterocycles. The monoisotopic (exact) mass is 499 g/mol. The predicted molar refractivity (Wildman–Crippen MR) is 116 cm³/mol. The molecule has 1 aromatic carbocycles. The van der Waals surface area contributed by atoms with Crippen LogP contribution in [-0.4, -0.2) is 36.7 Å². The fraction of sp³-hybridized carbons (Fsp3) is 0.333. The number of carbonyl (C=O) groups excluding carboxylic acids is 1. The first kappa shape index (κ1) is 20.0. The average molecular weight is 500 g/mol. The van der Waals surface area contributed by atoms with Crippen LogP contribution in [0, 0.1) is 12.8 Å². The number of thiazole rings is 1. The summed E-state index contributed by atoms with van der Waals surface area (Å²) in [4.78, 5) is 17.1. The Morgan fingerprint density at radius 1 is 1.21 bits per heavy atom. The molecule has 0 unspecified atom stereocenters. The highest BCUT2D eigenvalue weighted by Gasteiger charge is 2.33. The summed E-state index contributed by atoms with van der Waals surface area (Å²) < 4.78 is 29.0. The van der Waals surface area contributed by atoms with E-state index in [4.69, 9.17) is 0 Å². The van der Waals surface area contributed by atoms with E-state index in [2.05, 4.69) is 32.3 Å². The van der Waals surface area contributed by atoms with Gasteiger partial charge in [0.1, 0.15) is 4.21 Å². The van der Waals surface area contributed by atoms with E-state index in [1.807, 2.05) is 19.1 Å². The van der Waals surface area contributed by atoms with Crippen LogP contribution in [0.4, 0.5) is 5.13 Å². The minimum atomic E-state index is -3.49. The van der Waals surface area contributed by atoms with E-state index in [1.165, 1.54) is 27.0 Å². The number of sulfonamides is 1. The predicted octanol–water partition coefficient (Wildman–Crippen LogP) is 4.47. The Balaban J connectivity index is 1.39. The number of anilines is 1. The van der Waals surface area contributed by atoms with E-state index in [9.17, 15) is 13.2 Å². The first-order chi connectivity index (χ1) is 13.3.